The quantitative estimate of drug-likeness (QED) is 0.351. The zero-order valence-electron chi connectivity index (χ0n) is 4.82. The molecule has 0 bridgehead atoms. The Morgan fingerprint density at radius 2 is 1.50 bits per heavy atom. The Kier molecular flexibility index (Phi) is 14.8. The van der Waals surface area contributed by atoms with Crippen molar-refractivity contribution in [2.45, 2.75) is 13.8 Å². The van der Waals surface area contributed by atoms with E-state index in [0.29, 0.717) is 0 Å². The monoisotopic (exact) mass is 81.1 g/mol. The second-order valence-corrected chi connectivity index (χ2v) is 0.781. The van der Waals surface area contributed by atoms with Crippen molar-refractivity contribution in [1.82, 2.24) is 0 Å². The standard InChI is InChI=1S/C4H10O.Li/c1-3-5-4-2;/h3-4H2,1-2H3;/q;+1. The van der Waals surface area contributed by atoms with Crippen molar-refractivity contribution in [3.05, 3.63) is 0 Å². The maximum absolute atomic E-state index is 4.83. The number of hydrogen-bond acceptors (Lipinski definition) is 1. The van der Waals surface area contributed by atoms with Gasteiger partial charge in [0, 0.05) is 13.2 Å². The average Bonchev–Trinajstić information content (AvgIpc) is 1.41. The Balaban J connectivity index is 0. The van der Waals surface area contributed by atoms with Crippen LogP contribution in [-0.2, 0) is 4.74 Å². The van der Waals surface area contributed by atoms with Gasteiger partial charge in [-0.1, -0.05) is 0 Å². The summed E-state index contributed by atoms with van der Waals surface area (Å²) in [6.45, 7) is 5.67. The molecule has 0 saturated heterocycles. The minimum absolute atomic E-state index is 0. The van der Waals surface area contributed by atoms with Crippen LogP contribution in [0.1, 0.15) is 13.8 Å². The third-order valence-electron chi connectivity index (χ3n) is 0.408. The molecule has 0 aromatic rings. The van der Waals surface area contributed by atoms with E-state index in [-0.39, 0.29) is 18.9 Å². The molecule has 1 nitrogen and oxygen atoms in total. The normalized spacial score (nSPS) is 7.00. The molecule has 0 aromatic heterocycles. The van der Waals surface area contributed by atoms with Crippen molar-refractivity contribution in [3.8, 4) is 0 Å². The summed E-state index contributed by atoms with van der Waals surface area (Å²) in [4.78, 5) is 0. The van der Waals surface area contributed by atoms with E-state index in [2.05, 4.69) is 0 Å². The van der Waals surface area contributed by atoms with Gasteiger partial charge in [0.25, 0.3) is 0 Å². The van der Waals surface area contributed by atoms with E-state index in [1.54, 1.807) is 0 Å². The maximum Gasteiger partial charge on any atom is 1.00 e. The van der Waals surface area contributed by atoms with E-state index in [1.807, 2.05) is 13.8 Å². The smallest absolute Gasteiger partial charge is 0.382 e. The first-order valence-electron chi connectivity index (χ1n) is 1.99. The Morgan fingerprint density at radius 1 is 1.17 bits per heavy atom. The minimum atomic E-state index is 0. The van der Waals surface area contributed by atoms with Crippen molar-refractivity contribution in [2.24, 2.45) is 0 Å². The topological polar surface area (TPSA) is 9.23 Å². The van der Waals surface area contributed by atoms with Crippen LogP contribution in [0.5, 0.6) is 0 Å². The zero-order chi connectivity index (χ0) is 4.12. The zero-order valence-corrected chi connectivity index (χ0v) is 4.82. The molecular formula is C4H10LiO+. The van der Waals surface area contributed by atoms with Crippen LogP contribution < -0.4 is 18.9 Å². The third-order valence-corrected chi connectivity index (χ3v) is 0.408. The van der Waals surface area contributed by atoms with E-state index < -0.39 is 0 Å². The fraction of sp³-hybridized carbons (Fsp3) is 1.00. The van der Waals surface area contributed by atoms with Crippen molar-refractivity contribution >= 4 is 0 Å². The molecule has 0 atom stereocenters. The summed E-state index contributed by atoms with van der Waals surface area (Å²) in [7, 11) is 0. The van der Waals surface area contributed by atoms with Gasteiger partial charge in [-0.15, -0.1) is 0 Å². The predicted octanol–water partition coefficient (Wildman–Crippen LogP) is -1.95. The van der Waals surface area contributed by atoms with Gasteiger partial charge in [-0.3, -0.25) is 0 Å². The summed E-state index contributed by atoms with van der Waals surface area (Å²) in [5.41, 5.74) is 0. The molecule has 0 unspecified atom stereocenters. The van der Waals surface area contributed by atoms with Crippen LogP contribution in [0.25, 0.3) is 0 Å². The van der Waals surface area contributed by atoms with Crippen LogP contribution >= 0.6 is 0 Å². The van der Waals surface area contributed by atoms with E-state index in [0.717, 1.165) is 13.2 Å². The molecule has 0 fully saturated rings. The Hall–Kier alpha value is 0.557. The van der Waals surface area contributed by atoms with Crippen molar-refractivity contribution in [2.75, 3.05) is 13.2 Å². The van der Waals surface area contributed by atoms with Gasteiger partial charge in [-0.25, -0.2) is 0 Å². The molecule has 0 rings (SSSR count). The van der Waals surface area contributed by atoms with Gasteiger partial charge in [-0.05, 0) is 13.8 Å². The molecule has 0 amide bonds. The second kappa shape index (κ2) is 9.12. The van der Waals surface area contributed by atoms with Gasteiger partial charge in [0.1, 0.15) is 0 Å². The van der Waals surface area contributed by atoms with E-state index in [4.69, 9.17) is 4.74 Å². The molecule has 0 spiro atoms. The first-order chi connectivity index (χ1) is 2.41. The number of hydrogen-bond donors (Lipinski definition) is 0. The van der Waals surface area contributed by atoms with Crippen molar-refractivity contribution < 1.29 is 23.6 Å². The van der Waals surface area contributed by atoms with Crippen molar-refractivity contribution in [3.63, 3.8) is 0 Å². The molecule has 0 aliphatic rings. The van der Waals surface area contributed by atoms with Gasteiger partial charge in [0.2, 0.25) is 0 Å². The Bertz CT molecular complexity index is 15.0. The van der Waals surface area contributed by atoms with Gasteiger partial charge in [0.15, 0.2) is 0 Å². The summed E-state index contributed by atoms with van der Waals surface area (Å²) in [6.07, 6.45) is 0. The van der Waals surface area contributed by atoms with E-state index in [1.165, 1.54) is 0 Å². The molecule has 0 radical (unpaired) electrons. The summed E-state index contributed by atoms with van der Waals surface area (Å²) in [5, 5.41) is 0. The summed E-state index contributed by atoms with van der Waals surface area (Å²) in [5.74, 6) is 0. The van der Waals surface area contributed by atoms with Crippen LogP contribution in [0.2, 0.25) is 0 Å². The molecule has 32 valence electrons. The summed E-state index contributed by atoms with van der Waals surface area (Å²) in [6, 6.07) is 0. The number of ether oxygens (including phenoxy) is 1. The van der Waals surface area contributed by atoms with Crippen LogP contribution in [-0.4, -0.2) is 13.2 Å². The first-order valence-corrected chi connectivity index (χ1v) is 1.99. The molecule has 0 N–H and O–H groups in total. The Labute approximate surface area is 51.2 Å². The molecule has 0 heterocycles. The van der Waals surface area contributed by atoms with E-state index >= 15 is 0 Å². The van der Waals surface area contributed by atoms with Gasteiger partial charge < -0.3 is 4.74 Å². The molecule has 0 aliphatic carbocycles. The molecule has 6 heavy (non-hydrogen) atoms. The van der Waals surface area contributed by atoms with E-state index in [9.17, 15) is 0 Å². The number of rotatable bonds is 2. The molecule has 0 aliphatic heterocycles. The average molecular weight is 81.1 g/mol. The predicted molar refractivity (Wildman–Crippen MR) is 22.2 cm³/mol. The fourth-order valence-corrected chi connectivity index (χ4v) is 0.204. The van der Waals surface area contributed by atoms with Crippen molar-refractivity contribution in [1.29, 1.82) is 0 Å². The first kappa shape index (κ1) is 9.75. The van der Waals surface area contributed by atoms with Gasteiger partial charge >= 0.3 is 18.9 Å². The molecule has 0 aromatic carbocycles. The molecule has 2 heteroatoms. The van der Waals surface area contributed by atoms with Crippen LogP contribution in [0.15, 0.2) is 0 Å². The SMILES string of the molecule is CCOCC.[Li+]. The fourth-order valence-electron chi connectivity index (χ4n) is 0.204. The van der Waals surface area contributed by atoms with Crippen LogP contribution in [0.3, 0.4) is 0 Å². The maximum atomic E-state index is 4.83. The summed E-state index contributed by atoms with van der Waals surface area (Å²) < 4.78 is 4.83. The van der Waals surface area contributed by atoms with Gasteiger partial charge in [0.05, 0.1) is 0 Å². The second-order valence-electron chi connectivity index (χ2n) is 0.781. The van der Waals surface area contributed by atoms with Gasteiger partial charge in [-0.2, -0.15) is 0 Å². The Morgan fingerprint density at radius 3 is 1.50 bits per heavy atom. The summed E-state index contributed by atoms with van der Waals surface area (Å²) >= 11 is 0. The molecular weight excluding hydrogens is 71.0 g/mol. The largest absolute Gasteiger partial charge is 1.00 e. The van der Waals surface area contributed by atoms with Crippen LogP contribution in [0.4, 0.5) is 0 Å². The van der Waals surface area contributed by atoms with Crippen LogP contribution in [0, 0.1) is 0 Å². The minimum Gasteiger partial charge on any atom is -0.382 e. The third kappa shape index (κ3) is 8.82. The molecule has 0 saturated carbocycles.